The van der Waals surface area contributed by atoms with Crippen LogP contribution in [-0.4, -0.2) is 34.3 Å². The molecule has 8 nitrogen and oxygen atoms in total. The van der Waals surface area contributed by atoms with E-state index in [-0.39, 0.29) is 0 Å². The second-order valence-corrected chi connectivity index (χ2v) is 9.29. The molecule has 0 bridgehead atoms. The summed E-state index contributed by atoms with van der Waals surface area (Å²) in [5.41, 5.74) is 2.08. The lowest BCUT2D eigenvalue weighted by atomic mass is 9.90. The zero-order chi connectivity index (χ0) is 26.2. The SMILES string of the molecule is Cc1ccc(Oc2ccc(NC(=O)CN3C(=O)NC(C)(c4ccc5ccccc5c4)C3=O)cn2)cc1C. The standard InChI is InChI=1S/C29H26N4O4/c1-18-8-12-24(14-19(18)2)37-26-13-11-23(16-30-26)31-25(34)17-33-27(35)29(3,32-28(33)36)22-10-9-20-6-4-5-7-21(20)15-22/h4-16H,17H2,1-3H3,(H,31,34)(H,32,36). The zero-order valence-electron chi connectivity index (χ0n) is 20.7. The van der Waals surface area contributed by atoms with Crippen LogP contribution in [0.3, 0.4) is 0 Å². The highest BCUT2D eigenvalue weighted by molar-refractivity contribution is 6.10. The molecule has 1 unspecified atom stereocenters. The van der Waals surface area contributed by atoms with Gasteiger partial charge in [0.15, 0.2) is 0 Å². The topological polar surface area (TPSA) is 101 Å². The highest BCUT2D eigenvalue weighted by Crippen LogP contribution is 2.31. The zero-order valence-corrected chi connectivity index (χ0v) is 20.7. The Bertz CT molecular complexity index is 1530. The Balaban J connectivity index is 1.24. The highest BCUT2D eigenvalue weighted by Gasteiger charge is 2.49. The second kappa shape index (κ2) is 9.39. The van der Waals surface area contributed by atoms with E-state index in [9.17, 15) is 14.4 Å². The first kappa shape index (κ1) is 24.0. The van der Waals surface area contributed by atoms with E-state index in [4.69, 9.17) is 4.74 Å². The van der Waals surface area contributed by atoms with E-state index >= 15 is 0 Å². The first-order valence-electron chi connectivity index (χ1n) is 11.9. The number of carbonyl (C=O) groups is 3. The summed E-state index contributed by atoms with van der Waals surface area (Å²) in [6.07, 6.45) is 1.46. The number of carbonyl (C=O) groups excluding carboxylic acids is 3. The molecule has 1 aliphatic heterocycles. The molecule has 0 aliphatic carbocycles. The molecule has 1 aliphatic rings. The summed E-state index contributed by atoms with van der Waals surface area (Å²) in [5.74, 6) is 0.0380. The molecular weight excluding hydrogens is 468 g/mol. The number of nitrogens with zero attached hydrogens (tertiary/aromatic N) is 2. The number of rotatable bonds is 6. The Labute approximate surface area is 214 Å². The Hall–Kier alpha value is -4.72. The number of amides is 4. The van der Waals surface area contributed by atoms with Gasteiger partial charge in [-0.15, -0.1) is 0 Å². The van der Waals surface area contributed by atoms with Crippen molar-refractivity contribution in [2.75, 3.05) is 11.9 Å². The van der Waals surface area contributed by atoms with E-state index in [0.29, 0.717) is 22.9 Å². The Kier molecular flexibility index (Phi) is 6.09. The Morgan fingerprint density at radius 2 is 1.76 bits per heavy atom. The summed E-state index contributed by atoms with van der Waals surface area (Å²) >= 11 is 0. The summed E-state index contributed by atoms with van der Waals surface area (Å²) in [5, 5.41) is 7.41. The van der Waals surface area contributed by atoms with E-state index in [1.807, 2.05) is 74.5 Å². The van der Waals surface area contributed by atoms with Crippen LogP contribution in [0.1, 0.15) is 23.6 Å². The number of ether oxygens (including phenoxy) is 1. The molecule has 3 aromatic carbocycles. The molecular formula is C29H26N4O4. The molecule has 8 heteroatoms. The van der Waals surface area contributed by atoms with Crippen molar-refractivity contribution in [2.24, 2.45) is 0 Å². The van der Waals surface area contributed by atoms with Gasteiger partial charge < -0.3 is 15.4 Å². The van der Waals surface area contributed by atoms with Crippen LogP contribution >= 0.6 is 0 Å². The molecule has 1 aromatic heterocycles. The smallest absolute Gasteiger partial charge is 0.325 e. The van der Waals surface area contributed by atoms with E-state index in [2.05, 4.69) is 15.6 Å². The molecule has 0 spiro atoms. The van der Waals surface area contributed by atoms with Gasteiger partial charge in [0.1, 0.15) is 17.8 Å². The van der Waals surface area contributed by atoms with Gasteiger partial charge in [-0.25, -0.2) is 9.78 Å². The second-order valence-electron chi connectivity index (χ2n) is 9.29. The molecule has 1 fully saturated rings. The van der Waals surface area contributed by atoms with Crippen LogP contribution < -0.4 is 15.4 Å². The fourth-order valence-corrected chi connectivity index (χ4v) is 4.29. The number of urea groups is 1. The molecule has 4 aromatic rings. The van der Waals surface area contributed by atoms with Crippen molar-refractivity contribution < 1.29 is 19.1 Å². The molecule has 2 N–H and O–H groups in total. The normalized spacial score (nSPS) is 17.1. The summed E-state index contributed by atoms with van der Waals surface area (Å²) < 4.78 is 5.77. The lowest BCUT2D eigenvalue weighted by Crippen LogP contribution is -2.42. The predicted molar refractivity (Wildman–Crippen MR) is 140 cm³/mol. The summed E-state index contributed by atoms with van der Waals surface area (Å²) in [6.45, 7) is 5.25. The average Bonchev–Trinajstić information content (AvgIpc) is 3.11. The number of pyridine rings is 1. The Morgan fingerprint density at radius 1 is 0.973 bits per heavy atom. The number of nitrogens with one attached hydrogen (secondary N) is 2. The minimum atomic E-state index is -1.27. The van der Waals surface area contributed by atoms with Crippen molar-refractivity contribution >= 4 is 34.3 Å². The van der Waals surface area contributed by atoms with Gasteiger partial charge in [-0.1, -0.05) is 42.5 Å². The maximum Gasteiger partial charge on any atom is 0.325 e. The van der Waals surface area contributed by atoms with Gasteiger partial charge in [0.05, 0.1) is 11.9 Å². The summed E-state index contributed by atoms with van der Waals surface area (Å²) in [4.78, 5) is 43.8. The molecule has 2 heterocycles. The van der Waals surface area contributed by atoms with Gasteiger partial charge in [-0.05, 0) is 72.5 Å². The summed E-state index contributed by atoms with van der Waals surface area (Å²) in [6, 6.07) is 21.8. The van der Waals surface area contributed by atoms with Crippen molar-refractivity contribution in [1.82, 2.24) is 15.2 Å². The minimum Gasteiger partial charge on any atom is -0.439 e. The first-order valence-corrected chi connectivity index (χ1v) is 11.9. The van der Waals surface area contributed by atoms with Gasteiger partial charge in [0, 0.05) is 6.07 Å². The van der Waals surface area contributed by atoms with E-state index in [0.717, 1.165) is 21.2 Å². The molecule has 5 rings (SSSR count). The number of benzene rings is 3. The molecule has 4 amide bonds. The van der Waals surface area contributed by atoms with Gasteiger partial charge in [-0.2, -0.15) is 0 Å². The largest absolute Gasteiger partial charge is 0.439 e. The third-order valence-electron chi connectivity index (χ3n) is 6.62. The van der Waals surface area contributed by atoms with Crippen molar-refractivity contribution in [3.05, 3.63) is 95.7 Å². The van der Waals surface area contributed by atoms with Gasteiger partial charge in [0.2, 0.25) is 11.8 Å². The van der Waals surface area contributed by atoms with Crippen LogP contribution in [-0.2, 0) is 15.1 Å². The van der Waals surface area contributed by atoms with Crippen LogP contribution in [0, 0.1) is 13.8 Å². The van der Waals surface area contributed by atoms with Crippen molar-refractivity contribution in [1.29, 1.82) is 0 Å². The van der Waals surface area contributed by atoms with Crippen LogP contribution in [0.5, 0.6) is 11.6 Å². The van der Waals surface area contributed by atoms with E-state index in [1.165, 1.54) is 11.8 Å². The molecule has 1 saturated heterocycles. The van der Waals surface area contributed by atoms with Crippen LogP contribution in [0.4, 0.5) is 10.5 Å². The maximum atomic E-state index is 13.3. The minimum absolute atomic E-state index is 0.376. The van der Waals surface area contributed by atoms with E-state index in [1.54, 1.807) is 19.1 Å². The third-order valence-corrected chi connectivity index (χ3v) is 6.62. The monoisotopic (exact) mass is 494 g/mol. The molecule has 186 valence electrons. The lowest BCUT2D eigenvalue weighted by molar-refractivity contribution is -0.133. The number of imide groups is 1. The van der Waals surface area contributed by atoms with Crippen molar-refractivity contribution in [2.45, 2.75) is 26.3 Å². The van der Waals surface area contributed by atoms with Gasteiger partial charge >= 0.3 is 6.03 Å². The van der Waals surface area contributed by atoms with Crippen LogP contribution in [0.25, 0.3) is 10.8 Å². The van der Waals surface area contributed by atoms with Crippen LogP contribution in [0.15, 0.2) is 79.0 Å². The van der Waals surface area contributed by atoms with Crippen LogP contribution in [0.2, 0.25) is 0 Å². The fourth-order valence-electron chi connectivity index (χ4n) is 4.29. The highest BCUT2D eigenvalue weighted by atomic mass is 16.5. The van der Waals surface area contributed by atoms with Crippen molar-refractivity contribution in [3.63, 3.8) is 0 Å². The molecule has 0 saturated carbocycles. The van der Waals surface area contributed by atoms with Crippen molar-refractivity contribution in [3.8, 4) is 11.6 Å². The third kappa shape index (κ3) is 4.73. The Morgan fingerprint density at radius 3 is 2.49 bits per heavy atom. The molecule has 1 atom stereocenters. The summed E-state index contributed by atoms with van der Waals surface area (Å²) in [7, 11) is 0. The molecule has 37 heavy (non-hydrogen) atoms. The number of fused-ring (bicyclic) bond motifs is 1. The predicted octanol–water partition coefficient (Wildman–Crippen LogP) is 5.05. The lowest BCUT2D eigenvalue weighted by Gasteiger charge is -2.22. The molecule has 0 radical (unpaired) electrons. The van der Waals surface area contributed by atoms with E-state index < -0.39 is 29.9 Å². The number of hydrogen-bond donors (Lipinski definition) is 2. The quantitative estimate of drug-likeness (QED) is 0.366. The average molecular weight is 495 g/mol. The number of hydrogen-bond acceptors (Lipinski definition) is 5. The van der Waals surface area contributed by atoms with Gasteiger partial charge in [-0.3, -0.25) is 14.5 Å². The maximum absolute atomic E-state index is 13.3. The number of anilines is 1. The number of aryl methyl sites for hydroxylation is 2. The van der Waals surface area contributed by atoms with Gasteiger partial charge in [0.25, 0.3) is 5.91 Å². The fraction of sp³-hybridized carbons (Fsp3) is 0.172. The first-order chi connectivity index (χ1) is 17.7. The number of aromatic nitrogens is 1.